The molecule has 0 unspecified atom stereocenters. The number of carbonyl (C=O) groups is 2. The third-order valence-corrected chi connectivity index (χ3v) is 3.91. The Morgan fingerprint density at radius 2 is 1.15 bits per heavy atom. The number of nitrogens with two attached hydrogens (primary N) is 1. The Balaban J connectivity index is 1.71. The summed E-state index contributed by atoms with van der Waals surface area (Å²) in [4.78, 5) is 24.9. The van der Waals surface area contributed by atoms with Gasteiger partial charge in [-0.05, 0) is 29.3 Å². The summed E-state index contributed by atoms with van der Waals surface area (Å²) in [7, 11) is 0. The number of esters is 2. The molecule has 3 rings (SSSR count). The molecule has 136 valence electrons. The molecule has 0 amide bonds. The Kier molecular flexibility index (Phi) is 5.84. The van der Waals surface area contributed by atoms with Crippen molar-refractivity contribution in [3.63, 3.8) is 0 Å². The lowest BCUT2D eigenvalue weighted by Gasteiger charge is -2.11. The van der Waals surface area contributed by atoms with Gasteiger partial charge in [0.1, 0.15) is 13.2 Å². The van der Waals surface area contributed by atoms with Gasteiger partial charge in [0, 0.05) is 5.69 Å². The van der Waals surface area contributed by atoms with Gasteiger partial charge in [0.2, 0.25) is 0 Å². The SMILES string of the molecule is Nc1ccc(C(=O)OCc2ccccc2)c(C(=O)OCc2ccccc2)c1. The van der Waals surface area contributed by atoms with E-state index in [2.05, 4.69) is 0 Å². The fourth-order valence-corrected chi connectivity index (χ4v) is 2.51. The Hall–Kier alpha value is -3.60. The van der Waals surface area contributed by atoms with Crippen LogP contribution in [0, 0.1) is 0 Å². The zero-order valence-corrected chi connectivity index (χ0v) is 14.6. The predicted octanol–water partition coefficient (Wildman–Crippen LogP) is 3.98. The number of rotatable bonds is 6. The molecule has 0 radical (unpaired) electrons. The van der Waals surface area contributed by atoms with Crippen LogP contribution in [0.15, 0.2) is 78.9 Å². The van der Waals surface area contributed by atoms with Gasteiger partial charge in [-0.2, -0.15) is 0 Å². The topological polar surface area (TPSA) is 78.6 Å². The summed E-state index contributed by atoms with van der Waals surface area (Å²) in [6, 6.07) is 23.0. The van der Waals surface area contributed by atoms with Crippen LogP contribution in [0.1, 0.15) is 31.8 Å². The largest absolute Gasteiger partial charge is 0.457 e. The summed E-state index contributed by atoms with van der Waals surface area (Å²) < 4.78 is 10.6. The molecular weight excluding hydrogens is 342 g/mol. The molecule has 0 fully saturated rings. The molecule has 2 N–H and O–H groups in total. The van der Waals surface area contributed by atoms with Crippen molar-refractivity contribution in [3.05, 3.63) is 101 Å². The monoisotopic (exact) mass is 361 g/mol. The van der Waals surface area contributed by atoms with Gasteiger partial charge in [0.15, 0.2) is 0 Å². The van der Waals surface area contributed by atoms with Crippen LogP contribution in [0.3, 0.4) is 0 Å². The van der Waals surface area contributed by atoms with Crippen molar-refractivity contribution in [1.29, 1.82) is 0 Å². The smallest absolute Gasteiger partial charge is 0.339 e. The van der Waals surface area contributed by atoms with E-state index in [4.69, 9.17) is 15.2 Å². The lowest BCUT2D eigenvalue weighted by atomic mass is 10.1. The van der Waals surface area contributed by atoms with Gasteiger partial charge >= 0.3 is 11.9 Å². The molecule has 5 nitrogen and oxygen atoms in total. The maximum atomic E-state index is 12.5. The van der Waals surface area contributed by atoms with E-state index in [1.165, 1.54) is 12.1 Å². The molecular formula is C22H19NO4. The van der Waals surface area contributed by atoms with E-state index in [0.717, 1.165) is 11.1 Å². The second-order valence-electron chi connectivity index (χ2n) is 5.93. The molecule has 0 aromatic heterocycles. The average molecular weight is 361 g/mol. The second kappa shape index (κ2) is 8.67. The molecule has 0 aliphatic heterocycles. The molecule has 0 saturated heterocycles. The molecule has 0 saturated carbocycles. The first-order valence-corrected chi connectivity index (χ1v) is 8.45. The first kappa shape index (κ1) is 18.2. The van der Waals surface area contributed by atoms with Gasteiger partial charge < -0.3 is 15.2 Å². The van der Waals surface area contributed by atoms with Gasteiger partial charge in [-0.3, -0.25) is 0 Å². The summed E-state index contributed by atoms with van der Waals surface area (Å²) >= 11 is 0. The van der Waals surface area contributed by atoms with Crippen molar-refractivity contribution in [2.75, 3.05) is 5.73 Å². The zero-order valence-electron chi connectivity index (χ0n) is 14.6. The van der Waals surface area contributed by atoms with Gasteiger partial charge in [-0.1, -0.05) is 60.7 Å². The Morgan fingerprint density at radius 3 is 1.67 bits per heavy atom. The number of hydrogen-bond donors (Lipinski definition) is 1. The van der Waals surface area contributed by atoms with Crippen LogP contribution in [0.25, 0.3) is 0 Å². The maximum absolute atomic E-state index is 12.5. The summed E-state index contributed by atoms with van der Waals surface area (Å²) in [6.45, 7) is 0.218. The van der Waals surface area contributed by atoms with E-state index in [-0.39, 0.29) is 24.3 Å². The zero-order chi connectivity index (χ0) is 19.1. The Morgan fingerprint density at radius 1 is 0.667 bits per heavy atom. The van der Waals surface area contributed by atoms with Crippen LogP contribution in [0.5, 0.6) is 0 Å². The molecule has 0 aliphatic carbocycles. The van der Waals surface area contributed by atoms with Crippen LogP contribution in [0.2, 0.25) is 0 Å². The Labute approximate surface area is 157 Å². The second-order valence-corrected chi connectivity index (χ2v) is 5.93. The first-order chi connectivity index (χ1) is 13.1. The van der Waals surface area contributed by atoms with Crippen molar-refractivity contribution in [1.82, 2.24) is 0 Å². The highest BCUT2D eigenvalue weighted by Gasteiger charge is 2.20. The molecule has 5 heteroatoms. The standard InChI is InChI=1S/C22H19NO4/c23-18-11-12-19(21(24)26-14-16-7-3-1-4-8-16)20(13-18)22(25)27-15-17-9-5-2-6-10-17/h1-13H,14-15,23H2. The van der Waals surface area contributed by atoms with Crippen molar-refractivity contribution in [2.24, 2.45) is 0 Å². The normalized spacial score (nSPS) is 10.2. The van der Waals surface area contributed by atoms with Gasteiger partial charge in [0.25, 0.3) is 0 Å². The summed E-state index contributed by atoms with van der Waals surface area (Å²) in [6.07, 6.45) is 0. The fourth-order valence-electron chi connectivity index (χ4n) is 2.51. The average Bonchev–Trinajstić information content (AvgIpc) is 2.71. The third kappa shape index (κ3) is 4.95. The van der Waals surface area contributed by atoms with E-state index in [1.807, 2.05) is 60.7 Å². The Bertz CT molecular complexity index is 924. The van der Waals surface area contributed by atoms with Crippen LogP contribution >= 0.6 is 0 Å². The van der Waals surface area contributed by atoms with Crippen molar-refractivity contribution >= 4 is 17.6 Å². The molecule has 3 aromatic carbocycles. The number of benzene rings is 3. The van der Waals surface area contributed by atoms with Crippen molar-refractivity contribution < 1.29 is 19.1 Å². The fraction of sp³-hybridized carbons (Fsp3) is 0.0909. The van der Waals surface area contributed by atoms with Crippen LogP contribution in [0.4, 0.5) is 5.69 Å². The van der Waals surface area contributed by atoms with Gasteiger partial charge in [0.05, 0.1) is 11.1 Å². The maximum Gasteiger partial charge on any atom is 0.339 e. The van der Waals surface area contributed by atoms with E-state index < -0.39 is 11.9 Å². The summed E-state index contributed by atoms with van der Waals surface area (Å²) in [5.74, 6) is -1.23. The van der Waals surface area contributed by atoms with Crippen molar-refractivity contribution in [3.8, 4) is 0 Å². The lowest BCUT2D eigenvalue weighted by molar-refractivity contribution is 0.0425. The molecule has 27 heavy (non-hydrogen) atoms. The van der Waals surface area contributed by atoms with Crippen molar-refractivity contribution in [2.45, 2.75) is 13.2 Å². The number of carbonyl (C=O) groups excluding carboxylic acids is 2. The lowest BCUT2D eigenvalue weighted by Crippen LogP contribution is -2.14. The van der Waals surface area contributed by atoms with Gasteiger partial charge in [-0.25, -0.2) is 9.59 Å². The molecule has 0 aliphatic rings. The minimum absolute atomic E-state index is 0.0870. The van der Waals surface area contributed by atoms with Crippen LogP contribution in [-0.4, -0.2) is 11.9 Å². The highest BCUT2D eigenvalue weighted by Crippen LogP contribution is 2.18. The summed E-state index contributed by atoms with van der Waals surface area (Å²) in [5, 5.41) is 0. The quantitative estimate of drug-likeness (QED) is 0.531. The number of hydrogen-bond acceptors (Lipinski definition) is 5. The number of ether oxygens (including phenoxy) is 2. The van der Waals surface area contributed by atoms with E-state index in [1.54, 1.807) is 6.07 Å². The molecule has 3 aromatic rings. The van der Waals surface area contributed by atoms with E-state index >= 15 is 0 Å². The number of nitrogen functional groups attached to an aromatic ring is 1. The molecule has 0 bridgehead atoms. The highest BCUT2D eigenvalue weighted by molar-refractivity contribution is 6.03. The molecule has 0 spiro atoms. The molecule has 0 atom stereocenters. The highest BCUT2D eigenvalue weighted by atomic mass is 16.5. The minimum Gasteiger partial charge on any atom is -0.457 e. The molecule has 0 heterocycles. The van der Waals surface area contributed by atoms with Gasteiger partial charge in [-0.15, -0.1) is 0 Å². The minimum atomic E-state index is -0.627. The van der Waals surface area contributed by atoms with Crippen LogP contribution < -0.4 is 5.73 Å². The summed E-state index contributed by atoms with van der Waals surface area (Å²) in [5.41, 5.74) is 8.06. The van der Waals surface area contributed by atoms with E-state index in [0.29, 0.717) is 5.69 Å². The number of anilines is 1. The van der Waals surface area contributed by atoms with Crippen LogP contribution in [-0.2, 0) is 22.7 Å². The predicted molar refractivity (Wildman–Crippen MR) is 102 cm³/mol. The third-order valence-electron chi connectivity index (χ3n) is 3.91. The van der Waals surface area contributed by atoms with E-state index in [9.17, 15) is 9.59 Å². The first-order valence-electron chi connectivity index (χ1n) is 8.45.